The van der Waals surface area contributed by atoms with Gasteiger partial charge >= 0.3 is 5.97 Å². The van der Waals surface area contributed by atoms with Crippen LogP contribution < -0.4 is 0 Å². The van der Waals surface area contributed by atoms with Crippen molar-refractivity contribution >= 4 is 5.97 Å². The molecule has 1 aromatic heterocycles. The van der Waals surface area contributed by atoms with E-state index in [9.17, 15) is 13.6 Å². The Morgan fingerprint density at radius 2 is 2.20 bits per heavy atom. The van der Waals surface area contributed by atoms with Gasteiger partial charge in [0.1, 0.15) is 17.3 Å². The molecule has 0 saturated heterocycles. The smallest absolute Gasteiger partial charge is 0.337 e. The van der Waals surface area contributed by atoms with Gasteiger partial charge < -0.3 is 10.2 Å². The zero-order valence-corrected chi connectivity index (χ0v) is 7.11. The van der Waals surface area contributed by atoms with Crippen LogP contribution in [0.1, 0.15) is 28.0 Å². The van der Waals surface area contributed by atoms with Crippen molar-refractivity contribution in [2.45, 2.75) is 6.43 Å². The molecule has 0 unspecified atom stereocenters. The van der Waals surface area contributed by atoms with E-state index in [1.807, 2.05) is 0 Å². The van der Waals surface area contributed by atoms with E-state index < -0.39 is 35.1 Å². The third-order valence-corrected chi connectivity index (χ3v) is 1.59. The van der Waals surface area contributed by atoms with Crippen LogP contribution in [0.25, 0.3) is 0 Å². The summed E-state index contributed by atoms with van der Waals surface area (Å²) in [5.41, 5.74) is -2.31. The SMILES string of the molecule is N#Cc1cc(C(=O)O)c(C(F)F)nc1O. The summed E-state index contributed by atoms with van der Waals surface area (Å²) in [7, 11) is 0. The second-order valence-corrected chi connectivity index (χ2v) is 2.51. The predicted octanol–water partition coefficient (Wildman–Crippen LogP) is 1.29. The summed E-state index contributed by atoms with van der Waals surface area (Å²) in [5, 5.41) is 26.0. The molecular weight excluding hydrogens is 210 g/mol. The normalized spacial score (nSPS) is 10.0. The quantitative estimate of drug-likeness (QED) is 0.773. The highest BCUT2D eigenvalue weighted by atomic mass is 19.3. The summed E-state index contributed by atoms with van der Waals surface area (Å²) >= 11 is 0. The van der Waals surface area contributed by atoms with E-state index in [4.69, 9.17) is 15.5 Å². The zero-order valence-electron chi connectivity index (χ0n) is 7.11. The van der Waals surface area contributed by atoms with Gasteiger partial charge in [-0.05, 0) is 6.07 Å². The number of nitrogens with zero attached hydrogens (tertiary/aromatic N) is 2. The Morgan fingerprint density at radius 3 is 2.60 bits per heavy atom. The Kier molecular flexibility index (Phi) is 2.80. The Balaban J connectivity index is 3.47. The van der Waals surface area contributed by atoms with E-state index in [0.717, 1.165) is 0 Å². The molecule has 15 heavy (non-hydrogen) atoms. The Labute approximate surface area is 82.2 Å². The molecule has 0 aromatic carbocycles. The van der Waals surface area contributed by atoms with Gasteiger partial charge in [-0.25, -0.2) is 18.6 Å². The molecule has 0 aliphatic carbocycles. The highest BCUT2D eigenvalue weighted by Crippen LogP contribution is 2.25. The van der Waals surface area contributed by atoms with E-state index in [0.29, 0.717) is 6.07 Å². The van der Waals surface area contributed by atoms with E-state index in [2.05, 4.69) is 4.98 Å². The number of carbonyl (C=O) groups is 1. The zero-order chi connectivity index (χ0) is 11.6. The molecule has 1 rings (SSSR count). The first-order chi connectivity index (χ1) is 6.97. The minimum absolute atomic E-state index is 0.461. The number of hydrogen-bond donors (Lipinski definition) is 2. The number of alkyl halides is 2. The summed E-state index contributed by atoms with van der Waals surface area (Å²) in [4.78, 5) is 13.5. The summed E-state index contributed by atoms with van der Waals surface area (Å²) in [5.74, 6) is -2.54. The van der Waals surface area contributed by atoms with Crippen LogP contribution in [-0.4, -0.2) is 21.2 Å². The van der Waals surface area contributed by atoms with Gasteiger partial charge in [0, 0.05) is 0 Å². The lowest BCUT2D eigenvalue weighted by Gasteiger charge is -2.05. The number of aromatic nitrogens is 1. The molecule has 0 saturated carbocycles. The molecule has 0 spiro atoms. The number of aromatic hydroxyl groups is 1. The lowest BCUT2D eigenvalue weighted by Crippen LogP contribution is -2.06. The molecule has 1 heterocycles. The third-order valence-electron chi connectivity index (χ3n) is 1.59. The van der Waals surface area contributed by atoms with Crippen LogP contribution in [0.3, 0.4) is 0 Å². The standard InChI is InChI=1S/C8H4F2N2O3/c9-6(10)5-4(8(14)15)1-3(2-11)7(13)12-5/h1,6H,(H,12,13)(H,14,15). The average molecular weight is 214 g/mol. The maximum absolute atomic E-state index is 12.3. The van der Waals surface area contributed by atoms with E-state index in [1.165, 1.54) is 6.07 Å². The number of rotatable bonds is 2. The maximum Gasteiger partial charge on any atom is 0.337 e. The van der Waals surface area contributed by atoms with Crippen LogP contribution in [0.2, 0.25) is 0 Å². The highest BCUT2D eigenvalue weighted by Gasteiger charge is 2.22. The summed E-state index contributed by atoms with van der Waals surface area (Å²) < 4.78 is 24.6. The van der Waals surface area contributed by atoms with Gasteiger partial charge in [-0.15, -0.1) is 0 Å². The van der Waals surface area contributed by atoms with Crippen molar-refractivity contribution in [3.8, 4) is 11.9 Å². The Morgan fingerprint density at radius 1 is 1.60 bits per heavy atom. The first-order valence-corrected chi connectivity index (χ1v) is 3.62. The van der Waals surface area contributed by atoms with Gasteiger partial charge in [0.25, 0.3) is 6.43 Å². The van der Waals surface area contributed by atoms with Gasteiger partial charge in [0.2, 0.25) is 5.88 Å². The Bertz CT molecular complexity index is 454. The van der Waals surface area contributed by atoms with Crippen molar-refractivity contribution < 1.29 is 23.8 Å². The van der Waals surface area contributed by atoms with E-state index >= 15 is 0 Å². The lowest BCUT2D eigenvalue weighted by atomic mass is 10.1. The molecule has 0 atom stereocenters. The van der Waals surface area contributed by atoms with Gasteiger partial charge in [-0.2, -0.15) is 5.26 Å². The van der Waals surface area contributed by atoms with Crippen LogP contribution in [0.4, 0.5) is 8.78 Å². The fraction of sp³-hybridized carbons (Fsp3) is 0.125. The number of aromatic carboxylic acids is 1. The molecule has 5 nitrogen and oxygen atoms in total. The van der Waals surface area contributed by atoms with Gasteiger partial charge in [-0.3, -0.25) is 0 Å². The molecule has 0 radical (unpaired) electrons. The van der Waals surface area contributed by atoms with Crippen molar-refractivity contribution in [1.82, 2.24) is 4.98 Å². The van der Waals surface area contributed by atoms with Crippen molar-refractivity contribution in [2.75, 3.05) is 0 Å². The van der Waals surface area contributed by atoms with Crippen molar-refractivity contribution in [1.29, 1.82) is 5.26 Å². The predicted molar refractivity (Wildman–Crippen MR) is 42.5 cm³/mol. The molecule has 0 amide bonds. The average Bonchev–Trinajstić information content (AvgIpc) is 2.16. The van der Waals surface area contributed by atoms with E-state index in [-0.39, 0.29) is 0 Å². The summed E-state index contributed by atoms with van der Waals surface area (Å²) in [6.07, 6.45) is -3.13. The minimum Gasteiger partial charge on any atom is -0.492 e. The van der Waals surface area contributed by atoms with Gasteiger partial charge in [0.05, 0.1) is 5.56 Å². The number of carboxylic acids is 1. The van der Waals surface area contributed by atoms with Crippen LogP contribution >= 0.6 is 0 Å². The number of nitriles is 1. The molecule has 2 N–H and O–H groups in total. The lowest BCUT2D eigenvalue weighted by molar-refractivity contribution is 0.0682. The highest BCUT2D eigenvalue weighted by molar-refractivity contribution is 5.89. The number of hydrogen-bond acceptors (Lipinski definition) is 4. The molecule has 1 aromatic rings. The van der Waals surface area contributed by atoms with Crippen LogP contribution in [0.5, 0.6) is 5.88 Å². The summed E-state index contributed by atoms with van der Waals surface area (Å²) in [6, 6.07) is 2.09. The minimum atomic E-state index is -3.13. The van der Waals surface area contributed by atoms with Crippen molar-refractivity contribution in [2.24, 2.45) is 0 Å². The first kappa shape index (κ1) is 10.8. The van der Waals surface area contributed by atoms with Gasteiger partial charge in [-0.1, -0.05) is 0 Å². The molecule has 7 heteroatoms. The topological polar surface area (TPSA) is 94.2 Å². The number of carboxylic acid groups (broad SMARTS) is 1. The third kappa shape index (κ3) is 1.99. The van der Waals surface area contributed by atoms with Crippen molar-refractivity contribution in [3.63, 3.8) is 0 Å². The molecule has 0 aliphatic rings. The second-order valence-electron chi connectivity index (χ2n) is 2.51. The second kappa shape index (κ2) is 3.88. The Hall–Kier alpha value is -2.23. The molecule has 0 fully saturated rings. The fourth-order valence-corrected chi connectivity index (χ4v) is 0.937. The van der Waals surface area contributed by atoms with Crippen LogP contribution in [-0.2, 0) is 0 Å². The number of pyridine rings is 1. The molecular formula is C8H4F2N2O3. The molecule has 0 bridgehead atoms. The van der Waals surface area contributed by atoms with Crippen molar-refractivity contribution in [3.05, 3.63) is 22.9 Å². The first-order valence-electron chi connectivity index (χ1n) is 3.62. The molecule has 78 valence electrons. The summed E-state index contributed by atoms with van der Waals surface area (Å²) in [6.45, 7) is 0. The van der Waals surface area contributed by atoms with Gasteiger partial charge in [0.15, 0.2) is 0 Å². The van der Waals surface area contributed by atoms with E-state index in [1.54, 1.807) is 0 Å². The van der Waals surface area contributed by atoms with Crippen LogP contribution in [0.15, 0.2) is 6.07 Å². The fourth-order valence-electron chi connectivity index (χ4n) is 0.937. The van der Waals surface area contributed by atoms with Crippen LogP contribution in [0, 0.1) is 11.3 Å². The monoisotopic (exact) mass is 214 g/mol. The molecule has 0 aliphatic heterocycles. The maximum atomic E-state index is 12.3. The number of halogens is 2. The largest absolute Gasteiger partial charge is 0.492 e.